The number of carbonyl (C=O) groups excluding carboxylic acids is 1. The first-order valence-corrected chi connectivity index (χ1v) is 8.10. The van der Waals surface area contributed by atoms with E-state index < -0.39 is 0 Å². The molecule has 5 nitrogen and oxygen atoms in total. The zero-order chi connectivity index (χ0) is 16.9. The summed E-state index contributed by atoms with van der Waals surface area (Å²) in [6, 6.07) is 15.1. The molecular weight excluding hydrogens is 326 g/mol. The lowest BCUT2D eigenvalue weighted by molar-refractivity contribution is -0.110. The molecule has 124 valence electrons. The van der Waals surface area contributed by atoms with Crippen LogP contribution in [0.5, 0.6) is 5.75 Å². The van der Waals surface area contributed by atoms with Gasteiger partial charge in [-0.2, -0.15) is 0 Å². The van der Waals surface area contributed by atoms with E-state index in [0.717, 1.165) is 16.9 Å². The molecule has 1 atom stereocenters. The highest BCUT2D eigenvalue weighted by molar-refractivity contribution is 6.32. The van der Waals surface area contributed by atoms with Crippen LogP contribution in [0.25, 0.3) is 11.0 Å². The highest BCUT2D eigenvalue weighted by atomic mass is 35.5. The minimum Gasteiger partial charge on any atom is -0.490 e. The number of nitrogens with zero attached hydrogens (tertiary/aromatic N) is 2. The average molecular weight is 344 g/mol. The van der Waals surface area contributed by atoms with Crippen LogP contribution in [0.2, 0.25) is 5.02 Å². The highest BCUT2D eigenvalue weighted by Crippen LogP contribution is 2.24. The van der Waals surface area contributed by atoms with Crippen LogP contribution in [-0.2, 0) is 11.3 Å². The summed E-state index contributed by atoms with van der Waals surface area (Å²) in [6.45, 7) is 2.96. The molecule has 0 aliphatic heterocycles. The Bertz CT molecular complexity index is 847. The van der Waals surface area contributed by atoms with Gasteiger partial charge in [-0.15, -0.1) is 0 Å². The Balaban J connectivity index is 1.83. The number of hydrogen-bond acceptors (Lipinski definition) is 3. The molecule has 3 aromatic rings. The number of ether oxygens (including phenoxy) is 1. The van der Waals surface area contributed by atoms with E-state index in [1.54, 1.807) is 6.07 Å². The van der Waals surface area contributed by atoms with Crippen molar-refractivity contribution in [2.24, 2.45) is 0 Å². The molecule has 2 aromatic carbocycles. The van der Waals surface area contributed by atoms with E-state index in [1.807, 2.05) is 49.4 Å². The molecule has 0 saturated carbocycles. The second-order valence-electron chi connectivity index (χ2n) is 5.40. The SMILES string of the molecule is C[C@H](NC=O)c1nc2ccccc2n1CCOc1ccccc1Cl. The Morgan fingerprint density at radius 3 is 2.79 bits per heavy atom. The van der Waals surface area contributed by atoms with Crippen LogP contribution in [0, 0.1) is 0 Å². The van der Waals surface area contributed by atoms with E-state index in [2.05, 4.69) is 14.9 Å². The number of carbonyl (C=O) groups is 1. The molecule has 1 N–H and O–H groups in total. The first kappa shape index (κ1) is 16.3. The summed E-state index contributed by atoms with van der Waals surface area (Å²) in [5.74, 6) is 1.45. The number of amides is 1. The molecule has 1 heterocycles. The lowest BCUT2D eigenvalue weighted by Gasteiger charge is -2.15. The molecule has 0 spiro atoms. The van der Waals surface area contributed by atoms with Crippen molar-refractivity contribution in [2.45, 2.75) is 19.5 Å². The van der Waals surface area contributed by atoms with Crippen LogP contribution in [0.15, 0.2) is 48.5 Å². The molecule has 1 aromatic heterocycles. The predicted octanol–water partition coefficient (Wildman–Crippen LogP) is 3.58. The summed E-state index contributed by atoms with van der Waals surface area (Å²) in [4.78, 5) is 15.4. The number of para-hydroxylation sites is 3. The van der Waals surface area contributed by atoms with E-state index in [-0.39, 0.29) is 6.04 Å². The molecule has 0 fully saturated rings. The number of fused-ring (bicyclic) bond motifs is 1. The summed E-state index contributed by atoms with van der Waals surface area (Å²) < 4.78 is 7.85. The Morgan fingerprint density at radius 2 is 2.00 bits per heavy atom. The van der Waals surface area contributed by atoms with Gasteiger partial charge >= 0.3 is 0 Å². The molecule has 0 radical (unpaired) electrons. The lowest BCUT2D eigenvalue weighted by atomic mass is 10.3. The maximum atomic E-state index is 10.8. The summed E-state index contributed by atoms with van der Waals surface area (Å²) in [5.41, 5.74) is 1.90. The second-order valence-corrected chi connectivity index (χ2v) is 5.80. The average Bonchev–Trinajstić information content (AvgIpc) is 2.96. The van der Waals surface area contributed by atoms with Gasteiger partial charge in [0.2, 0.25) is 6.41 Å². The van der Waals surface area contributed by atoms with Crippen molar-refractivity contribution in [1.29, 1.82) is 0 Å². The van der Waals surface area contributed by atoms with Gasteiger partial charge in [-0.1, -0.05) is 35.9 Å². The van der Waals surface area contributed by atoms with Crippen LogP contribution in [0.3, 0.4) is 0 Å². The number of aromatic nitrogens is 2. The summed E-state index contributed by atoms with van der Waals surface area (Å²) in [7, 11) is 0. The van der Waals surface area contributed by atoms with Crippen molar-refractivity contribution in [3.8, 4) is 5.75 Å². The van der Waals surface area contributed by atoms with Crippen molar-refractivity contribution in [2.75, 3.05) is 6.61 Å². The Hall–Kier alpha value is -2.53. The van der Waals surface area contributed by atoms with Crippen LogP contribution in [0.4, 0.5) is 0 Å². The fourth-order valence-electron chi connectivity index (χ4n) is 2.64. The topological polar surface area (TPSA) is 56.2 Å². The van der Waals surface area contributed by atoms with Gasteiger partial charge < -0.3 is 14.6 Å². The van der Waals surface area contributed by atoms with Crippen LogP contribution < -0.4 is 10.1 Å². The predicted molar refractivity (Wildman–Crippen MR) is 94.3 cm³/mol. The standard InChI is InChI=1S/C18H18ClN3O2/c1-13(20-12-23)18-21-15-7-3-4-8-16(15)22(18)10-11-24-17-9-5-2-6-14(17)19/h2-9,12-13H,10-11H2,1H3,(H,20,23)/t13-/m0/s1. The van der Waals surface area contributed by atoms with Gasteiger partial charge in [0.15, 0.2) is 0 Å². The molecule has 0 aliphatic carbocycles. The molecule has 24 heavy (non-hydrogen) atoms. The van der Waals surface area contributed by atoms with Crippen LogP contribution in [0.1, 0.15) is 18.8 Å². The molecular formula is C18H18ClN3O2. The third kappa shape index (κ3) is 3.36. The fourth-order valence-corrected chi connectivity index (χ4v) is 2.84. The molecule has 0 unspecified atom stereocenters. The zero-order valence-electron chi connectivity index (χ0n) is 13.3. The Labute approximate surface area is 145 Å². The Kier molecular flexibility index (Phi) is 5.01. The zero-order valence-corrected chi connectivity index (χ0v) is 14.0. The maximum absolute atomic E-state index is 10.8. The van der Waals surface area contributed by atoms with Crippen molar-refractivity contribution < 1.29 is 9.53 Å². The van der Waals surface area contributed by atoms with Crippen molar-refractivity contribution >= 4 is 29.0 Å². The summed E-state index contributed by atoms with van der Waals surface area (Å²) in [6.07, 6.45) is 0.689. The third-order valence-corrected chi connectivity index (χ3v) is 4.11. The largest absolute Gasteiger partial charge is 0.490 e. The van der Waals surface area contributed by atoms with E-state index in [9.17, 15) is 4.79 Å². The van der Waals surface area contributed by atoms with Gasteiger partial charge in [0.25, 0.3) is 0 Å². The van der Waals surface area contributed by atoms with Gasteiger partial charge in [0, 0.05) is 0 Å². The summed E-state index contributed by atoms with van der Waals surface area (Å²) >= 11 is 6.11. The van der Waals surface area contributed by atoms with Gasteiger partial charge in [-0.05, 0) is 31.2 Å². The number of imidazole rings is 1. The summed E-state index contributed by atoms with van der Waals surface area (Å²) in [5, 5.41) is 3.34. The monoisotopic (exact) mass is 343 g/mol. The van der Waals surface area contributed by atoms with E-state index in [4.69, 9.17) is 16.3 Å². The van der Waals surface area contributed by atoms with Crippen molar-refractivity contribution in [1.82, 2.24) is 14.9 Å². The minimum atomic E-state index is -0.185. The molecule has 6 heteroatoms. The van der Waals surface area contributed by atoms with E-state index >= 15 is 0 Å². The number of hydrogen-bond donors (Lipinski definition) is 1. The second kappa shape index (κ2) is 7.36. The molecule has 1 amide bonds. The minimum absolute atomic E-state index is 0.185. The first-order valence-electron chi connectivity index (χ1n) is 7.73. The number of rotatable bonds is 7. The highest BCUT2D eigenvalue weighted by Gasteiger charge is 2.16. The van der Waals surface area contributed by atoms with Crippen molar-refractivity contribution in [3.63, 3.8) is 0 Å². The molecule has 0 aliphatic rings. The smallest absolute Gasteiger partial charge is 0.207 e. The quantitative estimate of drug-likeness (QED) is 0.667. The number of halogens is 1. The Morgan fingerprint density at radius 1 is 1.25 bits per heavy atom. The van der Waals surface area contributed by atoms with E-state index in [1.165, 1.54) is 0 Å². The maximum Gasteiger partial charge on any atom is 0.207 e. The normalized spacial score (nSPS) is 12.1. The fraction of sp³-hybridized carbons (Fsp3) is 0.222. The van der Waals surface area contributed by atoms with Gasteiger partial charge in [0.05, 0.1) is 28.6 Å². The third-order valence-electron chi connectivity index (χ3n) is 3.80. The van der Waals surface area contributed by atoms with Gasteiger partial charge in [0.1, 0.15) is 18.2 Å². The molecule has 3 rings (SSSR count). The van der Waals surface area contributed by atoms with Crippen LogP contribution >= 0.6 is 11.6 Å². The molecule has 0 bridgehead atoms. The molecule has 0 saturated heterocycles. The first-order chi connectivity index (χ1) is 11.7. The van der Waals surface area contributed by atoms with Crippen molar-refractivity contribution in [3.05, 3.63) is 59.4 Å². The van der Waals surface area contributed by atoms with Gasteiger partial charge in [-0.25, -0.2) is 4.98 Å². The number of benzene rings is 2. The van der Waals surface area contributed by atoms with E-state index in [0.29, 0.717) is 30.3 Å². The lowest BCUT2D eigenvalue weighted by Crippen LogP contribution is -2.22. The number of nitrogens with one attached hydrogen (secondary N) is 1. The van der Waals surface area contributed by atoms with Gasteiger partial charge in [-0.3, -0.25) is 4.79 Å². The van der Waals surface area contributed by atoms with Crippen LogP contribution in [-0.4, -0.2) is 22.6 Å².